The Morgan fingerprint density at radius 3 is 2.16 bits per heavy atom. The van der Waals surface area contributed by atoms with Gasteiger partial charge in [-0.1, -0.05) is 12.1 Å². The highest BCUT2D eigenvalue weighted by atomic mass is 19.4. The van der Waals surface area contributed by atoms with Gasteiger partial charge in [-0.25, -0.2) is 4.79 Å². The summed E-state index contributed by atoms with van der Waals surface area (Å²) in [6.07, 6.45) is -4.56. The van der Waals surface area contributed by atoms with Gasteiger partial charge in [0, 0.05) is 13.0 Å². The predicted octanol–water partition coefficient (Wildman–Crippen LogP) is 3.02. The molecule has 1 atom stereocenters. The first-order chi connectivity index (χ1) is 11.4. The molecule has 0 saturated carbocycles. The topological polar surface area (TPSA) is 75.6 Å². The van der Waals surface area contributed by atoms with Crippen molar-refractivity contribution in [3.8, 4) is 0 Å². The first kappa shape index (κ1) is 21.0. The number of hydrogen-bond donors (Lipinski definition) is 2. The van der Waals surface area contributed by atoms with Gasteiger partial charge in [0.05, 0.1) is 17.6 Å². The second-order valence-electron chi connectivity index (χ2n) is 6.58. The molecule has 5 nitrogen and oxygen atoms in total. The van der Waals surface area contributed by atoms with Crippen molar-refractivity contribution >= 4 is 11.9 Å². The van der Waals surface area contributed by atoms with E-state index >= 15 is 0 Å². The number of carbonyl (C=O) groups is 2. The molecule has 8 heteroatoms. The number of nitrogens with one attached hydrogen (secondary N) is 1. The third kappa shape index (κ3) is 8.02. The van der Waals surface area contributed by atoms with Crippen molar-refractivity contribution in [1.82, 2.24) is 5.32 Å². The molecular formula is C17H22F3NO4. The average Bonchev–Trinajstić information content (AvgIpc) is 2.44. The molecule has 0 radical (unpaired) electrons. The van der Waals surface area contributed by atoms with Crippen LogP contribution in [0.4, 0.5) is 13.2 Å². The van der Waals surface area contributed by atoms with Crippen LogP contribution in [0, 0.1) is 0 Å². The summed E-state index contributed by atoms with van der Waals surface area (Å²) < 4.78 is 42.9. The van der Waals surface area contributed by atoms with E-state index < -0.39 is 35.3 Å². The van der Waals surface area contributed by atoms with Crippen molar-refractivity contribution in [2.75, 3.05) is 6.61 Å². The molecule has 0 fully saturated rings. The zero-order valence-electron chi connectivity index (χ0n) is 14.3. The molecule has 0 bridgehead atoms. The van der Waals surface area contributed by atoms with Gasteiger partial charge in [0.25, 0.3) is 0 Å². The van der Waals surface area contributed by atoms with E-state index in [0.29, 0.717) is 5.56 Å². The lowest BCUT2D eigenvalue weighted by molar-refractivity contribution is -0.142. The third-order valence-electron chi connectivity index (χ3n) is 3.22. The van der Waals surface area contributed by atoms with Gasteiger partial charge in [0.15, 0.2) is 0 Å². The summed E-state index contributed by atoms with van der Waals surface area (Å²) >= 11 is 0. The number of carbonyl (C=O) groups excluding carboxylic acids is 1. The lowest BCUT2D eigenvalue weighted by atomic mass is 10.1. The van der Waals surface area contributed by atoms with Crippen LogP contribution in [0.5, 0.6) is 0 Å². The van der Waals surface area contributed by atoms with Crippen molar-refractivity contribution in [2.45, 2.75) is 51.4 Å². The molecule has 1 aromatic rings. The normalized spacial score (nSPS) is 13.4. The molecule has 1 rings (SSSR count). The Labute approximate surface area is 144 Å². The number of ether oxygens (including phenoxy) is 1. The van der Waals surface area contributed by atoms with E-state index in [4.69, 9.17) is 9.84 Å². The first-order valence-electron chi connectivity index (χ1n) is 7.71. The molecule has 0 aromatic heterocycles. The van der Waals surface area contributed by atoms with E-state index in [1.165, 1.54) is 12.1 Å². The standard InChI is InChI=1S/C17H22F3NO4/c1-16(2,3)25-9-8-13(15(23)24)21-14(22)10-11-4-6-12(7-5-11)17(18,19)20/h4-7,13H,8-10H2,1-3H3,(H,21,22)(H,23,24). The number of hydrogen-bond acceptors (Lipinski definition) is 3. The summed E-state index contributed by atoms with van der Waals surface area (Å²) in [6.45, 7) is 5.63. The fraction of sp³-hybridized carbons (Fsp3) is 0.529. The van der Waals surface area contributed by atoms with Crippen LogP contribution in [0.1, 0.15) is 38.3 Å². The van der Waals surface area contributed by atoms with Gasteiger partial charge >= 0.3 is 12.1 Å². The number of rotatable bonds is 7. The van der Waals surface area contributed by atoms with E-state index in [0.717, 1.165) is 12.1 Å². The average molecular weight is 361 g/mol. The Bertz CT molecular complexity index is 591. The van der Waals surface area contributed by atoms with Gasteiger partial charge in [0.1, 0.15) is 6.04 Å². The first-order valence-corrected chi connectivity index (χ1v) is 7.71. The van der Waals surface area contributed by atoms with Crippen LogP contribution in [-0.2, 0) is 26.9 Å². The minimum absolute atomic E-state index is 0.0886. The number of amides is 1. The number of carboxylic acid groups (broad SMARTS) is 1. The summed E-state index contributed by atoms with van der Waals surface area (Å²) in [5.41, 5.74) is -0.868. The highest BCUT2D eigenvalue weighted by Gasteiger charge is 2.30. The van der Waals surface area contributed by atoms with Crippen molar-refractivity contribution in [1.29, 1.82) is 0 Å². The summed E-state index contributed by atoms with van der Waals surface area (Å²) in [6, 6.07) is 3.04. The van der Waals surface area contributed by atoms with Gasteiger partial charge in [0.2, 0.25) is 5.91 Å². The molecule has 0 aliphatic rings. The number of benzene rings is 1. The zero-order valence-corrected chi connectivity index (χ0v) is 14.3. The fourth-order valence-corrected chi connectivity index (χ4v) is 1.98. The molecule has 0 spiro atoms. The maximum atomic E-state index is 12.5. The van der Waals surface area contributed by atoms with Crippen LogP contribution in [0.2, 0.25) is 0 Å². The second kappa shape index (κ2) is 8.33. The lowest BCUT2D eigenvalue weighted by Crippen LogP contribution is -2.42. The fourth-order valence-electron chi connectivity index (χ4n) is 1.98. The van der Waals surface area contributed by atoms with E-state index in [1.807, 2.05) is 20.8 Å². The summed E-state index contributed by atoms with van der Waals surface area (Å²) in [5.74, 6) is -1.78. The van der Waals surface area contributed by atoms with Crippen molar-refractivity contribution in [2.24, 2.45) is 0 Å². The molecule has 1 amide bonds. The number of carboxylic acids is 1. The van der Waals surface area contributed by atoms with Crippen molar-refractivity contribution < 1.29 is 32.6 Å². The van der Waals surface area contributed by atoms with Crippen molar-refractivity contribution in [3.63, 3.8) is 0 Å². The Morgan fingerprint density at radius 2 is 1.72 bits per heavy atom. The molecular weight excluding hydrogens is 339 g/mol. The molecule has 1 unspecified atom stereocenters. The molecule has 140 valence electrons. The van der Waals surface area contributed by atoms with Gasteiger partial charge < -0.3 is 15.2 Å². The third-order valence-corrected chi connectivity index (χ3v) is 3.22. The van der Waals surface area contributed by atoms with Crippen LogP contribution in [-0.4, -0.2) is 35.2 Å². The highest BCUT2D eigenvalue weighted by Crippen LogP contribution is 2.29. The number of aliphatic carboxylic acids is 1. The Kier molecular flexibility index (Phi) is 6.98. The Balaban J connectivity index is 2.58. The van der Waals surface area contributed by atoms with Gasteiger partial charge in [-0.2, -0.15) is 13.2 Å². The minimum atomic E-state index is -4.44. The number of alkyl halides is 3. The molecule has 2 N–H and O–H groups in total. The summed E-state index contributed by atoms with van der Waals surface area (Å²) in [5, 5.41) is 11.5. The predicted molar refractivity (Wildman–Crippen MR) is 85.0 cm³/mol. The highest BCUT2D eigenvalue weighted by molar-refractivity contribution is 5.84. The monoisotopic (exact) mass is 361 g/mol. The molecule has 1 aromatic carbocycles. The van der Waals surface area contributed by atoms with Crippen molar-refractivity contribution in [3.05, 3.63) is 35.4 Å². The number of halogens is 3. The second-order valence-corrected chi connectivity index (χ2v) is 6.58. The van der Waals surface area contributed by atoms with E-state index in [-0.39, 0.29) is 19.4 Å². The Morgan fingerprint density at radius 1 is 1.16 bits per heavy atom. The smallest absolute Gasteiger partial charge is 0.416 e. The lowest BCUT2D eigenvalue weighted by Gasteiger charge is -2.21. The summed E-state index contributed by atoms with van der Waals surface area (Å²) in [7, 11) is 0. The molecule has 0 heterocycles. The van der Waals surface area contributed by atoms with E-state index in [9.17, 15) is 22.8 Å². The molecule has 0 aliphatic carbocycles. The van der Waals surface area contributed by atoms with E-state index in [2.05, 4.69) is 5.32 Å². The zero-order chi connectivity index (χ0) is 19.3. The minimum Gasteiger partial charge on any atom is -0.480 e. The quantitative estimate of drug-likeness (QED) is 0.783. The van der Waals surface area contributed by atoms with Gasteiger partial charge in [-0.3, -0.25) is 4.79 Å². The van der Waals surface area contributed by atoms with Crippen LogP contribution in [0.15, 0.2) is 24.3 Å². The maximum absolute atomic E-state index is 12.5. The summed E-state index contributed by atoms with van der Waals surface area (Å²) in [4.78, 5) is 23.1. The SMILES string of the molecule is CC(C)(C)OCCC(NC(=O)Cc1ccc(C(F)(F)F)cc1)C(=O)O. The largest absolute Gasteiger partial charge is 0.480 e. The van der Waals surface area contributed by atoms with Crippen LogP contribution < -0.4 is 5.32 Å². The van der Waals surface area contributed by atoms with Crippen LogP contribution >= 0.6 is 0 Å². The maximum Gasteiger partial charge on any atom is 0.416 e. The molecule has 0 aliphatic heterocycles. The Hall–Kier alpha value is -2.09. The van der Waals surface area contributed by atoms with Crippen LogP contribution in [0.3, 0.4) is 0 Å². The van der Waals surface area contributed by atoms with Gasteiger partial charge in [-0.05, 0) is 38.5 Å². The van der Waals surface area contributed by atoms with E-state index in [1.54, 1.807) is 0 Å². The van der Waals surface area contributed by atoms with Crippen LogP contribution in [0.25, 0.3) is 0 Å². The molecule has 0 saturated heterocycles. The molecule has 25 heavy (non-hydrogen) atoms. The van der Waals surface area contributed by atoms with Gasteiger partial charge in [-0.15, -0.1) is 0 Å².